The molecule has 0 aliphatic heterocycles. The fourth-order valence-corrected chi connectivity index (χ4v) is 3.10. The van der Waals surface area contributed by atoms with Crippen molar-refractivity contribution in [2.75, 3.05) is 0 Å². The average molecular weight is 300 g/mol. The number of aryl methyl sites for hydroxylation is 1. The second-order valence-electron chi connectivity index (χ2n) is 5.26. The summed E-state index contributed by atoms with van der Waals surface area (Å²) in [7, 11) is 0. The first kappa shape index (κ1) is 15.4. The van der Waals surface area contributed by atoms with Crippen LogP contribution in [0.5, 0.6) is 0 Å². The molecule has 110 valence electrons. The first-order valence-corrected chi connectivity index (χ1v) is 7.70. The zero-order valence-corrected chi connectivity index (χ0v) is 13.3. The van der Waals surface area contributed by atoms with Gasteiger partial charge in [0.2, 0.25) is 0 Å². The molecule has 0 amide bonds. The Kier molecular flexibility index (Phi) is 4.91. The van der Waals surface area contributed by atoms with Gasteiger partial charge in [-0.05, 0) is 42.2 Å². The molecule has 4 heteroatoms. The van der Waals surface area contributed by atoms with Gasteiger partial charge < -0.3 is 10.9 Å². The number of oxime groups is 1. The van der Waals surface area contributed by atoms with Crippen LogP contribution in [0.15, 0.2) is 57.4 Å². The molecular formula is C17H20N2OS. The summed E-state index contributed by atoms with van der Waals surface area (Å²) in [6, 6.07) is 14.3. The van der Waals surface area contributed by atoms with Crippen molar-refractivity contribution in [3.63, 3.8) is 0 Å². The molecule has 0 atom stereocenters. The highest BCUT2D eigenvalue weighted by Gasteiger charge is 2.11. The highest BCUT2D eigenvalue weighted by atomic mass is 32.2. The van der Waals surface area contributed by atoms with Crippen LogP contribution in [0.1, 0.15) is 36.5 Å². The fourth-order valence-electron chi connectivity index (χ4n) is 2.08. The first-order valence-electron chi connectivity index (χ1n) is 6.88. The molecule has 0 saturated heterocycles. The Bertz CT molecular complexity index is 648. The maximum atomic E-state index is 8.92. The van der Waals surface area contributed by atoms with E-state index in [0.717, 1.165) is 20.9 Å². The summed E-state index contributed by atoms with van der Waals surface area (Å²) < 4.78 is 0. The molecule has 3 N–H and O–H groups in total. The van der Waals surface area contributed by atoms with Crippen molar-refractivity contribution in [2.24, 2.45) is 10.9 Å². The minimum atomic E-state index is 0.139. The molecule has 2 rings (SSSR count). The van der Waals surface area contributed by atoms with Crippen LogP contribution in [-0.2, 0) is 0 Å². The molecule has 0 fully saturated rings. The van der Waals surface area contributed by atoms with Crippen molar-refractivity contribution < 1.29 is 5.21 Å². The fraction of sp³-hybridized carbons (Fsp3) is 0.235. The molecule has 0 spiro atoms. The Morgan fingerprint density at radius 1 is 1.14 bits per heavy atom. The van der Waals surface area contributed by atoms with Gasteiger partial charge in [0, 0.05) is 15.4 Å². The van der Waals surface area contributed by atoms with E-state index in [0.29, 0.717) is 5.92 Å². The summed E-state index contributed by atoms with van der Waals surface area (Å²) in [5.74, 6) is 0.662. The molecular weight excluding hydrogens is 280 g/mol. The molecule has 0 aromatic heterocycles. The van der Waals surface area contributed by atoms with Gasteiger partial charge in [-0.3, -0.25) is 0 Å². The predicted molar refractivity (Wildman–Crippen MR) is 88.3 cm³/mol. The SMILES string of the molecule is Cc1cccc(/C(N)=N/O)c1Sc1ccc(C(C)C)cc1. The molecule has 0 aliphatic carbocycles. The number of amidine groups is 1. The highest BCUT2D eigenvalue weighted by Crippen LogP contribution is 2.33. The van der Waals surface area contributed by atoms with Gasteiger partial charge in [-0.2, -0.15) is 0 Å². The minimum Gasteiger partial charge on any atom is -0.409 e. The van der Waals surface area contributed by atoms with Crippen LogP contribution in [0, 0.1) is 6.92 Å². The summed E-state index contributed by atoms with van der Waals surface area (Å²) in [5, 5.41) is 12.0. The van der Waals surface area contributed by atoms with Crippen LogP contribution < -0.4 is 5.73 Å². The molecule has 0 aliphatic rings. The number of hydrogen-bond acceptors (Lipinski definition) is 3. The van der Waals surface area contributed by atoms with Crippen molar-refractivity contribution >= 4 is 17.6 Å². The van der Waals surface area contributed by atoms with Gasteiger partial charge in [-0.15, -0.1) is 0 Å². The summed E-state index contributed by atoms with van der Waals surface area (Å²) in [5.41, 5.74) is 8.96. The standard InChI is InChI=1S/C17H20N2OS/c1-11(2)13-7-9-14(10-8-13)21-16-12(3)5-4-6-15(16)17(18)19-20/h4-11,20H,1-3H3,(H2,18,19). The Labute approximate surface area is 129 Å². The number of hydrogen-bond donors (Lipinski definition) is 2. The Morgan fingerprint density at radius 3 is 2.38 bits per heavy atom. The predicted octanol–water partition coefficient (Wildman–Crippen LogP) is 4.36. The zero-order chi connectivity index (χ0) is 15.4. The van der Waals surface area contributed by atoms with Gasteiger partial charge in [0.1, 0.15) is 0 Å². The zero-order valence-electron chi connectivity index (χ0n) is 12.5. The molecule has 2 aromatic rings. The van der Waals surface area contributed by atoms with Crippen LogP contribution in [0.3, 0.4) is 0 Å². The Balaban J connectivity index is 2.35. The quantitative estimate of drug-likeness (QED) is 0.381. The lowest BCUT2D eigenvalue weighted by Crippen LogP contribution is -2.14. The van der Waals surface area contributed by atoms with Crippen molar-refractivity contribution in [2.45, 2.75) is 36.5 Å². The molecule has 0 saturated carbocycles. The maximum absolute atomic E-state index is 8.92. The molecule has 21 heavy (non-hydrogen) atoms. The van der Waals surface area contributed by atoms with E-state index in [4.69, 9.17) is 10.9 Å². The normalized spacial score (nSPS) is 11.9. The lowest BCUT2D eigenvalue weighted by Gasteiger charge is -2.12. The Morgan fingerprint density at radius 2 is 1.81 bits per heavy atom. The van der Waals surface area contributed by atoms with E-state index in [2.05, 4.69) is 43.3 Å². The van der Waals surface area contributed by atoms with Crippen molar-refractivity contribution in [1.82, 2.24) is 0 Å². The van der Waals surface area contributed by atoms with E-state index in [9.17, 15) is 0 Å². The first-order chi connectivity index (χ1) is 10.0. The minimum absolute atomic E-state index is 0.139. The number of benzene rings is 2. The van der Waals surface area contributed by atoms with Crippen LogP contribution in [0.2, 0.25) is 0 Å². The van der Waals surface area contributed by atoms with Gasteiger partial charge in [-0.25, -0.2) is 0 Å². The third-order valence-electron chi connectivity index (χ3n) is 3.36. The molecule has 3 nitrogen and oxygen atoms in total. The summed E-state index contributed by atoms with van der Waals surface area (Å²) in [6.07, 6.45) is 0. The highest BCUT2D eigenvalue weighted by molar-refractivity contribution is 7.99. The molecule has 0 heterocycles. The van der Waals surface area contributed by atoms with Crippen LogP contribution in [0.25, 0.3) is 0 Å². The molecule has 2 aromatic carbocycles. The molecule has 0 radical (unpaired) electrons. The van der Waals surface area contributed by atoms with Crippen LogP contribution in [0.4, 0.5) is 0 Å². The lowest BCUT2D eigenvalue weighted by molar-refractivity contribution is 0.318. The monoisotopic (exact) mass is 300 g/mol. The van der Waals surface area contributed by atoms with E-state index in [1.165, 1.54) is 5.56 Å². The largest absolute Gasteiger partial charge is 0.409 e. The van der Waals surface area contributed by atoms with Gasteiger partial charge >= 0.3 is 0 Å². The van der Waals surface area contributed by atoms with Gasteiger partial charge in [0.15, 0.2) is 5.84 Å². The van der Waals surface area contributed by atoms with E-state index < -0.39 is 0 Å². The van der Waals surface area contributed by atoms with E-state index in [1.807, 2.05) is 25.1 Å². The van der Waals surface area contributed by atoms with E-state index in [1.54, 1.807) is 11.8 Å². The number of nitrogens with zero attached hydrogens (tertiary/aromatic N) is 1. The van der Waals surface area contributed by atoms with E-state index in [-0.39, 0.29) is 5.84 Å². The third kappa shape index (κ3) is 3.58. The smallest absolute Gasteiger partial charge is 0.171 e. The van der Waals surface area contributed by atoms with Gasteiger partial charge in [-0.1, -0.05) is 55.0 Å². The van der Waals surface area contributed by atoms with Crippen molar-refractivity contribution in [3.05, 3.63) is 59.2 Å². The van der Waals surface area contributed by atoms with Gasteiger partial charge in [0.05, 0.1) is 0 Å². The average Bonchev–Trinajstić information content (AvgIpc) is 2.49. The number of rotatable bonds is 4. The second kappa shape index (κ2) is 6.68. The maximum Gasteiger partial charge on any atom is 0.171 e. The summed E-state index contributed by atoms with van der Waals surface area (Å²) in [6.45, 7) is 6.39. The molecule has 0 unspecified atom stereocenters. The van der Waals surface area contributed by atoms with Crippen molar-refractivity contribution in [3.8, 4) is 0 Å². The van der Waals surface area contributed by atoms with Crippen molar-refractivity contribution in [1.29, 1.82) is 0 Å². The third-order valence-corrected chi connectivity index (χ3v) is 4.62. The van der Waals surface area contributed by atoms with Crippen LogP contribution >= 0.6 is 11.8 Å². The number of nitrogens with two attached hydrogens (primary N) is 1. The lowest BCUT2D eigenvalue weighted by atomic mass is 10.0. The van der Waals surface area contributed by atoms with Crippen LogP contribution in [-0.4, -0.2) is 11.0 Å². The summed E-state index contributed by atoms with van der Waals surface area (Å²) >= 11 is 1.63. The van der Waals surface area contributed by atoms with Gasteiger partial charge in [0.25, 0.3) is 0 Å². The summed E-state index contributed by atoms with van der Waals surface area (Å²) in [4.78, 5) is 2.16. The van der Waals surface area contributed by atoms with E-state index >= 15 is 0 Å². The second-order valence-corrected chi connectivity index (χ2v) is 6.35. The topological polar surface area (TPSA) is 58.6 Å². The molecule has 0 bridgehead atoms. The Hall–Kier alpha value is -1.94.